The summed E-state index contributed by atoms with van der Waals surface area (Å²) < 4.78 is 39.3. The highest BCUT2D eigenvalue weighted by Gasteiger charge is 2.45. The topological polar surface area (TPSA) is 35.6 Å². The van der Waals surface area contributed by atoms with Crippen molar-refractivity contribution in [2.24, 2.45) is 0 Å². The molecule has 2 atom stereocenters. The van der Waals surface area contributed by atoms with Gasteiger partial charge in [-0.25, -0.2) is 18.0 Å². The molecule has 2 heterocycles. The highest BCUT2D eigenvalue weighted by Crippen LogP contribution is 2.35. The molecule has 25 heavy (non-hydrogen) atoms. The number of likely N-dealkylation sites (tertiary alicyclic amines) is 1. The van der Waals surface area contributed by atoms with Crippen LogP contribution in [0.5, 0.6) is 0 Å². The van der Waals surface area contributed by atoms with Crippen molar-refractivity contribution >= 4 is 17.4 Å². The van der Waals surface area contributed by atoms with Gasteiger partial charge in [0, 0.05) is 36.6 Å². The number of benzene rings is 2. The van der Waals surface area contributed by atoms with E-state index in [4.69, 9.17) is 0 Å². The van der Waals surface area contributed by atoms with Gasteiger partial charge in [-0.05, 0) is 42.8 Å². The first-order valence-corrected chi connectivity index (χ1v) is 8.06. The minimum Gasteiger partial charge on any atom is -0.365 e. The molecule has 130 valence electrons. The molecule has 2 aromatic carbocycles. The number of rotatable bonds is 2. The van der Waals surface area contributed by atoms with Gasteiger partial charge in [0.2, 0.25) is 0 Å². The molecule has 0 radical (unpaired) electrons. The van der Waals surface area contributed by atoms with Gasteiger partial charge in [-0.3, -0.25) is 0 Å². The molecule has 2 aliphatic heterocycles. The van der Waals surface area contributed by atoms with Crippen molar-refractivity contribution in [3.05, 3.63) is 59.9 Å². The predicted molar refractivity (Wildman–Crippen MR) is 88.0 cm³/mol. The van der Waals surface area contributed by atoms with E-state index in [1.54, 1.807) is 17.0 Å². The number of anilines is 2. The van der Waals surface area contributed by atoms with E-state index in [2.05, 4.69) is 10.2 Å². The third-order valence-corrected chi connectivity index (χ3v) is 4.83. The molecule has 7 heteroatoms. The number of hydrogen-bond acceptors (Lipinski definition) is 2. The average molecular weight is 347 g/mol. The molecule has 2 aromatic rings. The van der Waals surface area contributed by atoms with Crippen LogP contribution in [0.25, 0.3) is 0 Å². The zero-order valence-corrected chi connectivity index (χ0v) is 13.3. The van der Waals surface area contributed by atoms with Crippen LogP contribution in [0.2, 0.25) is 0 Å². The van der Waals surface area contributed by atoms with Crippen LogP contribution >= 0.6 is 0 Å². The second-order valence-electron chi connectivity index (χ2n) is 6.38. The van der Waals surface area contributed by atoms with Gasteiger partial charge in [0.05, 0.1) is 6.04 Å². The lowest BCUT2D eigenvalue weighted by molar-refractivity contribution is 0.202. The molecule has 4 nitrogen and oxygen atoms in total. The van der Waals surface area contributed by atoms with Crippen LogP contribution in [-0.4, -0.2) is 36.1 Å². The Morgan fingerprint density at radius 1 is 0.960 bits per heavy atom. The standard InChI is InChI=1S/C18H16F3N3O/c19-11-1-4-13(5-2-11)23-9-15-8-14(23)10-24(15)18(25)22-12-3-6-16(20)17(21)7-12/h1-7,14-15H,8-10H2,(H,22,25)/t14-,15-/m1/s1. The van der Waals surface area contributed by atoms with E-state index >= 15 is 0 Å². The lowest BCUT2D eigenvalue weighted by Gasteiger charge is -2.35. The van der Waals surface area contributed by atoms with Crippen molar-refractivity contribution in [1.29, 1.82) is 0 Å². The van der Waals surface area contributed by atoms with Crippen molar-refractivity contribution in [1.82, 2.24) is 4.90 Å². The monoisotopic (exact) mass is 347 g/mol. The van der Waals surface area contributed by atoms with Gasteiger partial charge in [-0.15, -0.1) is 0 Å². The molecule has 0 aromatic heterocycles. The summed E-state index contributed by atoms with van der Waals surface area (Å²) in [5, 5.41) is 2.61. The van der Waals surface area contributed by atoms with E-state index in [1.807, 2.05) is 0 Å². The second kappa shape index (κ2) is 5.98. The van der Waals surface area contributed by atoms with E-state index in [0.717, 1.165) is 24.2 Å². The van der Waals surface area contributed by atoms with Crippen LogP contribution in [-0.2, 0) is 0 Å². The van der Waals surface area contributed by atoms with Crippen LogP contribution in [0.1, 0.15) is 6.42 Å². The van der Waals surface area contributed by atoms with Crippen LogP contribution in [0, 0.1) is 17.5 Å². The second-order valence-corrected chi connectivity index (χ2v) is 6.38. The molecule has 4 rings (SSSR count). The van der Waals surface area contributed by atoms with E-state index < -0.39 is 11.6 Å². The zero-order valence-electron chi connectivity index (χ0n) is 13.3. The largest absolute Gasteiger partial charge is 0.365 e. The Kier molecular flexibility index (Phi) is 3.78. The smallest absolute Gasteiger partial charge is 0.322 e. The van der Waals surface area contributed by atoms with Crippen molar-refractivity contribution in [2.45, 2.75) is 18.5 Å². The number of amides is 2. The van der Waals surface area contributed by atoms with Crippen LogP contribution in [0.4, 0.5) is 29.3 Å². The molecule has 2 saturated heterocycles. The van der Waals surface area contributed by atoms with Gasteiger partial charge in [0.25, 0.3) is 0 Å². The summed E-state index contributed by atoms with van der Waals surface area (Å²) >= 11 is 0. The molecule has 0 spiro atoms. The Morgan fingerprint density at radius 2 is 1.72 bits per heavy atom. The van der Waals surface area contributed by atoms with Crippen LogP contribution < -0.4 is 10.2 Å². The SMILES string of the molecule is O=C(Nc1ccc(F)c(F)c1)N1C[C@H]2C[C@@H]1CN2c1ccc(F)cc1. The Balaban J connectivity index is 1.42. The van der Waals surface area contributed by atoms with Crippen molar-refractivity contribution in [3.63, 3.8) is 0 Å². The van der Waals surface area contributed by atoms with Crippen molar-refractivity contribution in [2.75, 3.05) is 23.3 Å². The number of nitrogens with zero attached hydrogens (tertiary/aromatic N) is 2. The Labute approximate surface area is 142 Å². The number of carbonyl (C=O) groups excluding carboxylic acids is 1. The normalized spacial score (nSPS) is 21.7. The number of urea groups is 1. The summed E-state index contributed by atoms with van der Waals surface area (Å²) in [7, 11) is 0. The van der Waals surface area contributed by atoms with E-state index in [9.17, 15) is 18.0 Å². The fourth-order valence-electron chi connectivity index (χ4n) is 3.63. The van der Waals surface area contributed by atoms with E-state index in [-0.39, 0.29) is 29.6 Å². The zero-order chi connectivity index (χ0) is 17.6. The van der Waals surface area contributed by atoms with Gasteiger partial charge in [-0.2, -0.15) is 0 Å². The maximum Gasteiger partial charge on any atom is 0.322 e. The Hall–Kier alpha value is -2.70. The molecule has 0 saturated carbocycles. The fraction of sp³-hybridized carbons (Fsp3) is 0.278. The number of carbonyl (C=O) groups is 1. The highest BCUT2D eigenvalue weighted by atomic mass is 19.2. The van der Waals surface area contributed by atoms with Crippen molar-refractivity contribution < 1.29 is 18.0 Å². The van der Waals surface area contributed by atoms with Crippen LogP contribution in [0.3, 0.4) is 0 Å². The maximum atomic E-state index is 13.3. The molecule has 2 amide bonds. The molecule has 2 bridgehead atoms. The molecular weight excluding hydrogens is 331 g/mol. The summed E-state index contributed by atoms with van der Waals surface area (Å²) in [6.07, 6.45) is 0.836. The maximum absolute atomic E-state index is 13.3. The first-order valence-electron chi connectivity index (χ1n) is 8.06. The lowest BCUT2D eigenvalue weighted by Crippen LogP contribution is -2.50. The summed E-state index contributed by atoms with van der Waals surface area (Å²) in [5.74, 6) is -2.22. The number of nitrogens with one attached hydrogen (secondary N) is 1. The third-order valence-electron chi connectivity index (χ3n) is 4.83. The quantitative estimate of drug-likeness (QED) is 0.901. The van der Waals surface area contributed by atoms with Gasteiger partial charge in [0.1, 0.15) is 5.82 Å². The van der Waals surface area contributed by atoms with Gasteiger partial charge < -0.3 is 15.1 Å². The minimum absolute atomic E-state index is 0.0420. The predicted octanol–water partition coefficient (Wildman–Crippen LogP) is 3.60. The lowest BCUT2D eigenvalue weighted by atomic mass is 10.2. The van der Waals surface area contributed by atoms with Gasteiger partial charge in [-0.1, -0.05) is 0 Å². The molecule has 2 aliphatic rings. The van der Waals surface area contributed by atoms with Gasteiger partial charge in [0.15, 0.2) is 11.6 Å². The average Bonchev–Trinajstić information content (AvgIpc) is 3.19. The highest BCUT2D eigenvalue weighted by molar-refractivity contribution is 5.90. The molecule has 1 N–H and O–H groups in total. The van der Waals surface area contributed by atoms with Crippen LogP contribution in [0.15, 0.2) is 42.5 Å². The number of piperazine rings is 1. The summed E-state index contributed by atoms with van der Waals surface area (Å²) in [5.41, 5.74) is 1.16. The first-order chi connectivity index (χ1) is 12.0. The Bertz CT molecular complexity index is 812. The summed E-state index contributed by atoms with van der Waals surface area (Å²) in [6, 6.07) is 9.50. The number of halogens is 3. The summed E-state index contributed by atoms with van der Waals surface area (Å²) in [6.45, 7) is 1.21. The molecule has 2 fully saturated rings. The first kappa shape index (κ1) is 15.8. The van der Waals surface area contributed by atoms with E-state index in [1.165, 1.54) is 18.2 Å². The molecule has 0 unspecified atom stereocenters. The minimum atomic E-state index is -0.997. The Morgan fingerprint density at radius 3 is 2.36 bits per heavy atom. The molecular formula is C18H16F3N3O. The van der Waals surface area contributed by atoms with E-state index in [0.29, 0.717) is 13.1 Å². The van der Waals surface area contributed by atoms with Crippen molar-refractivity contribution in [3.8, 4) is 0 Å². The number of hydrogen-bond donors (Lipinski definition) is 1. The number of fused-ring (bicyclic) bond motifs is 2. The fourth-order valence-corrected chi connectivity index (χ4v) is 3.63. The molecule has 0 aliphatic carbocycles. The van der Waals surface area contributed by atoms with Gasteiger partial charge >= 0.3 is 6.03 Å². The summed E-state index contributed by atoms with van der Waals surface area (Å²) in [4.78, 5) is 16.3. The third kappa shape index (κ3) is 2.90.